The van der Waals surface area contributed by atoms with Crippen LogP contribution in [0.25, 0.3) is 0 Å². The summed E-state index contributed by atoms with van der Waals surface area (Å²) in [5.74, 6) is -0.225. The molecule has 1 N–H and O–H groups in total. The molecule has 1 saturated heterocycles. The van der Waals surface area contributed by atoms with Gasteiger partial charge < -0.3 is 15.0 Å². The van der Waals surface area contributed by atoms with E-state index in [1.165, 1.54) is 12.1 Å². The Hall–Kier alpha value is -1.17. The molecule has 0 unspecified atom stereocenters. The van der Waals surface area contributed by atoms with Gasteiger partial charge in [-0.05, 0) is 23.8 Å². The molecule has 1 aliphatic heterocycles. The first-order valence-electron chi connectivity index (χ1n) is 6.66. The molecule has 1 aromatic carbocycles. The summed E-state index contributed by atoms with van der Waals surface area (Å²) in [5.41, 5.74) is 0.772. The molecule has 1 fully saturated rings. The van der Waals surface area contributed by atoms with Crippen molar-refractivity contribution in [1.82, 2.24) is 10.2 Å². The number of hydrogen-bond donors (Lipinski definition) is 1. The maximum absolute atomic E-state index is 13.1. The number of halogens is 2. The number of morpholine rings is 1. The first-order valence-corrected chi connectivity index (χ1v) is 7.04. The quantitative estimate of drug-likeness (QED) is 0.844. The second-order valence-electron chi connectivity index (χ2n) is 4.70. The van der Waals surface area contributed by atoms with Crippen molar-refractivity contribution >= 4 is 17.5 Å². The number of nitrogens with one attached hydrogen (secondary N) is 1. The van der Waals surface area contributed by atoms with Crippen molar-refractivity contribution in [2.75, 3.05) is 32.8 Å². The van der Waals surface area contributed by atoms with Gasteiger partial charge in [0.15, 0.2) is 0 Å². The molecule has 6 heteroatoms. The molecule has 0 aromatic heterocycles. The van der Waals surface area contributed by atoms with Crippen LogP contribution in [0.2, 0.25) is 5.02 Å². The number of benzene rings is 1. The largest absolute Gasteiger partial charge is 0.378 e. The smallest absolute Gasteiger partial charge is 0.224 e. The van der Waals surface area contributed by atoms with Crippen LogP contribution in [0.4, 0.5) is 4.39 Å². The zero-order valence-electron chi connectivity index (χ0n) is 11.2. The van der Waals surface area contributed by atoms with Crippen LogP contribution < -0.4 is 5.32 Å². The Morgan fingerprint density at radius 1 is 1.35 bits per heavy atom. The van der Waals surface area contributed by atoms with Crippen LogP contribution in [0.15, 0.2) is 18.2 Å². The predicted molar refractivity (Wildman–Crippen MR) is 75.1 cm³/mol. The topological polar surface area (TPSA) is 41.6 Å². The maximum Gasteiger partial charge on any atom is 0.224 e. The van der Waals surface area contributed by atoms with Crippen molar-refractivity contribution in [2.45, 2.75) is 13.0 Å². The lowest BCUT2D eigenvalue weighted by molar-refractivity contribution is -0.135. The molecule has 4 nitrogen and oxygen atoms in total. The second-order valence-corrected chi connectivity index (χ2v) is 5.13. The van der Waals surface area contributed by atoms with E-state index in [1.54, 1.807) is 6.07 Å². The van der Waals surface area contributed by atoms with Gasteiger partial charge in [0.25, 0.3) is 0 Å². The SMILES string of the molecule is O=C(CCNCc1cc(F)cc(Cl)c1)N1CCOCC1. The summed E-state index contributed by atoms with van der Waals surface area (Å²) >= 11 is 5.77. The van der Waals surface area contributed by atoms with Crippen LogP contribution in [0.5, 0.6) is 0 Å². The van der Waals surface area contributed by atoms with Gasteiger partial charge >= 0.3 is 0 Å². The highest BCUT2D eigenvalue weighted by molar-refractivity contribution is 6.30. The minimum absolute atomic E-state index is 0.123. The van der Waals surface area contributed by atoms with E-state index in [1.807, 2.05) is 4.90 Å². The van der Waals surface area contributed by atoms with Gasteiger partial charge in [-0.2, -0.15) is 0 Å². The molecule has 110 valence electrons. The van der Waals surface area contributed by atoms with Gasteiger partial charge in [-0.25, -0.2) is 4.39 Å². The highest BCUT2D eigenvalue weighted by Crippen LogP contribution is 2.13. The molecule has 20 heavy (non-hydrogen) atoms. The van der Waals surface area contributed by atoms with Crippen LogP contribution in [-0.4, -0.2) is 43.7 Å². The number of ether oxygens (including phenoxy) is 1. The maximum atomic E-state index is 13.1. The third-order valence-electron chi connectivity index (χ3n) is 3.13. The van der Waals surface area contributed by atoms with Gasteiger partial charge in [-0.1, -0.05) is 11.6 Å². The third-order valence-corrected chi connectivity index (χ3v) is 3.35. The van der Waals surface area contributed by atoms with E-state index in [0.717, 1.165) is 5.56 Å². The molecule has 0 spiro atoms. The van der Waals surface area contributed by atoms with E-state index in [4.69, 9.17) is 16.3 Å². The van der Waals surface area contributed by atoms with Gasteiger partial charge in [0.05, 0.1) is 13.2 Å². The second kappa shape index (κ2) is 7.57. The van der Waals surface area contributed by atoms with Crippen LogP contribution in [0, 0.1) is 5.82 Å². The lowest BCUT2D eigenvalue weighted by Crippen LogP contribution is -2.41. The summed E-state index contributed by atoms with van der Waals surface area (Å²) < 4.78 is 18.3. The van der Waals surface area contributed by atoms with E-state index in [-0.39, 0.29) is 11.7 Å². The Bertz CT molecular complexity index is 444. The fourth-order valence-electron chi connectivity index (χ4n) is 2.11. The summed E-state index contributed by atoms with van der Waals surface area (Å²) in [6.07, 6.45) is 0.434. The zero-order chi connectivity index (χ0) is 14.4. The van der Waals surface area contributed by atoms with Crippen molar-refractivity contribution in [1.29, 1.82) is 0 Å². The Morgan fingerprint density at radius 3 is 2.80 bits per heavy atom. The summed E-state index contributed by atoms with van der Waals surface area (Å²) in [5, 5.41) is 3.50. The number of carbonyl (C=O) groups is 1. The number of rotatable bonds is 5. The van der Waals surface area contributed by atoms with E-state index in [0.29, 0.717) is 50.8 Å². The fraction of sp³-hybridized carbons (Fsp3) is 0.500. The van der Waals surface area contributed by atoms with Gasteiger partial charge in [0.2, 0.25) is 5.91 Å². The first-order chi connectivity index (χ1) is 9.65. The Kier molecular flexibility index (Phi) is 5.76. The Balaban J connectivity index is 1.69. The third kappa shape index (κ3) is 4.74. The highest BCUT2D eigenvalue weighted by atomic mass is 35.5. The number of amides is 1. The zero-order valence-corrected chi connectivity index (χ0v) is 12.0. The van der Waals surface area contributed by atoms with Crippen molar-refractivity contribution in [3.05, 3.63) is 34.6 Å². The van der Waals surface area contributed by atoms with Gasteiger partial charge in [0, 0.05) is 37.6 Å². The van der Waals surface area contributed by atoms with Crippen LogP contribution in [0.3, 0.4) is 0 Å². The minimum Gasteiger partial charge on any atom is -0.378 e. The average Bonchev–Trinajstić information content (AvgIpc) is 2.43. The molecule has 0 radical (unpaired) electrons. The molecular weight excluding hydrogens is 283 g/mol. The standard InChI is InChI=1S/C14H18ClFN2O2/c15-12-7-11(8-13(16)9-12)10-17-2-1-14(19)18-3-5-20-6-4-18/h7-9,17H,1-6,10H2. The fourth-order valence-corrected chi connectivity index (χ4v) is 2.36. The molecule has 0 saturated carbocycles. The lowest BCUT2D eigenvalue weighted by atomic mass is 10.2. The van der Waals surface area contributed by atoms with Gasteiger partial charge in [-0.15, -0.1) is 0 Å². The highest BCUT2D eigenvalue weighted by Gasteiger charge is 2.15. The summed E-state index contributed by atoms with van der Waals surface area (Å²) in [6, 6.07) is 4.41. The molecule has 1 aliphatic rings. The van der Waals surface area contributed by atoms with E-state index >= 15 is 0 Å². The molecule has 1 heterocycles. The molecule has 0 atom stereocenters. The summed E-state index contributed by atoms with van der Waals surface area (Å²) in [4.78, 5) is 13.7. The summed E-state index contributed by atoms with van der Waals surface area (Å²) in [7, 11) is 0. The number of carbonyl (C=O) groups excluding carboxylic acids is 1. The Morgan fingerprint density at radius 2 is 2.10 bits per heavy atom. The van der Waals surface area contributed by atoms with Crippen molar-refractivity contribution in [2.24, 2.45) is 0 Å². The van der Waals surface area contributed by atoms with Gasteiger partial charge in [0.1, 0.15) is 5.82 Å². The van der Waals surface area contributed by atoms with Crippen LogP contribution in [-0.2, 0) is 16.1 Å². The van der Waals surface area contributed by atoms with E-state index in [9.17, 15) is 9.18 Å². The molecule has 1 aromatic rings. The average molecular weight is 301 g/mol. The van der Waals surface area contributed by atoms with E-state index < -0.39 is 0 Å². The molecule has 1 amide bonds. The predicted octanol–water partition coefficient (Wildman–Crippen LogP) is 1.82. The van der Waals surface area contributed by atoms with Crippen molar-refractivity contribution in [3.8, 4) is 0 Å². The number of hydrogen-bond acceptors (Lipinski definition) is 3. The molecule has 2 rings (SSSR count). The van der Waals surface area contributed by atoms with Gasteiger partial charge in [-0.3, -0.25) is 4.79 Å². The van der Waals surface area contributed by atoms with E-state index in [2.05, 4.69) is 5.32 Å². The normalized spacial score (nSPS) is 15.4. The van der Waals surface area contributed by atoms with Crippen LogP contribution in [0.1, 0.15) is 12.0 Å². The van der Waals surface area contributed by atoms with Crippen molar-refractivity contribution < 1.29 is 13.9 Å². The monoisotopic (exact) mass is 300 g/mol. The molecule has 0 aliphatic carbocycles. The first kappa shape index (κ1) is 15.2. The van der Waals surface area contributed by atoms with Crippen LogP contribution >= 0.6 is 11.6 Å². The molecule has 0 bridgehead atoms. The Labute approximate surface area is 122 Å². The lowest BCUT2D eigenvalue weighted by Gasteiger charge is -2.26. The van der Waals surface area contributed by atoms with Crippen molar-refractivity contribution in [3.63, 3.8) is 0 Å². The summed E-state index contributed by atoms with van der Waals surface area (Å²) in [6.45, 7) is 3.61. The number of nitrogens with zero attached hydrogens (tertiary/aromatic N) is 1. The minimum atomic E-state index is -0.348. The molecular formula is C14H18ClFN2O2.